The van der Waals surface area contributed by atoms with Crippen LogP contribution < -0.4 is 0 Å². The number of fused-ring (bicyclic) bond motifs is 1. The highest BCUT2D eigenvalue weighted by Gasteiger charge is 2.21. The predicted molar refractivity (Wildman–Crippen MR) is 115 cm³/mol. The Morgan fingerprint density at radius 2 is 1.90 bits per heavy atom. The molecule has 2 aromatic carbocycles. The van der Waals surface area contributed by atoms with E-state index in [2.05, 4.69) is 21.8 Å². The number of Topliss-reactive ketones (excluding diaryl/α,β-unsaturated/α-hetero) is 1. The highest BCUT2D eigenvalue weighted by molar-refractivity contribution is 8.00. The lowest BCUT2D eigenvalue weighted by Gasteiger charge is -2.12. The van der Waals surface area contributed by atoms with E-state index in [4.69, 9.17) is 0 Å². The third-order valence-corrected chi connectivity index (χ3v) is 5.73. The second-order valence-corrected chi connectivity index (χ2v) is 7.96. The topological polar surface area (TPSA) is 65.6 Å². The Hall–Kier alpha value is -3.19. The second kappa shape index (κ2) is 8.45. The van der Waals surface area contributed by atoms with Crippen LogP contribution in [0.3, 0.4) is 0 Å². The third kappa shape index (κ3) is 4.00. The minimum absolute atomic E-state index is 0.0749. The van der Waals surface area contributed by atoms with E-state index in [0.29, 0.717) is 23.8 Å². The first-order valence-corrected chi connectivity index (χ1v) is 10.2. The number of rotatable bonds is 8. The molecule has 4 rings (SSSR count). The van der Waals surface area contributed by atoms with E-state index in [1.807, 2.05) is 83.1 Å². The fourth-order valence-corrected chi connectivity index (χ4v) is 4.13. The Bertz CT molecular complexity index is 1150. The first-order valence-electron chi connectivity index (χ1n) is 9.36. The number of benzene rings is 2. The molecule has 6 nitrogen and oxygen atoms in total. The Kier molecular flexibility index (Phi) is 5.57. The summed E-state index contributed by atoms with van der Waals surface area (Å²) in [6.45, 7) is 6.87. The van der Waals surface area contributed by atoms with Crippen molar-refractivity contribution in [3.8, 4) is 0 Å². The summed E-state index contributed by atoms with van der Waals surface area (Å²) in [7, 11) is 0. The summed E-state index contributed by atoms with van der Waals surface area (Å²) in [5.41, 5.74) is 2.69. The molecule has 0 amide bonds. The molecule has 0 bridgehead atoms. The summed E-state index contributed by atoms with van der Waals surface area (Å²) in [6.07, 6.45) is 3.62. The van der Waals surface area contributed by atoms with Crippen molar-refractivity contribution in [1.82, 2.24) is 24.3 Å². The molecular weight excluding hydrogens is 382 g/mol. The van der Waals surface area contributed by atoms with Crippen LogP contribution in [-0.2, 0) is 13.1 Å². The van der Waals surface area contributed by atoms with Crippen LogP contribution in [0.5, 0.6) is 0 Å². The van der Waals surface area contributed by atoms with Gasteiger partial charge >= 0.3 is 0 Å². The van der Waals surface area contributed by atoms with Crippen molar-refractivity contribution < 1.29 is 4.79 Å². The van der Waals surface area contributed by atoms with Crippen LogP contribution in [0.15, 0.2) is 78.7 Å². The summed E-state index contributed by atoms with van der Waals surface area (Å²) in [4.78, 5) is 17.2. The molecule has 0 aliphatic carbocycles. The molecular formula is C22H21N5OS. The molecule has 0 spiro atoms. The first kappa shape index (κ1) is 19.1. The van der Waals surface area contributed by atoms with E-state index in [1.54, 1.807) is 0 Å². The third-order valence-electron chi connectivity index (χ3n) is 4.65. The molecule has 2 aromatic heterocycles. The normalized spacial score (nSPS) is 12.2. The van der Waals surface area contributed by atoms with Gasteiger partial charge in [-0.3, -0.25) is 4.79 Å². The zero-order valence-corrected chi connectivity index (χ0v) is 16.9. The standard InChI is InChI=1S/C22H21N5OS/c1-3-13-27-20(14-26-15-23-18-11-7-8-12-19(18)26)24-25-22(27)29-16(2)21(28)17-9-5-4-6-10-17/h3-12,15-16H,1,13-14H2,2H3. The van der Waals surface area contributed by atoms with Crippen molar-refractivity contribution in [1.29, 1.82) is 0 Å². The molecule has 0 radical (unpaired) electrons. The van der Waals surface area contributed by atoms with Crippen molar-refractivity contribution in [3.63, 3.8) is 0 Å². The van der Waals surface area contributed by atoms with Gasteiger partial charge in [-0.15, -0.1) is 16.8 Å². The Morgan fingerprint density at radius 3 is 2.69 bits per heavy atom. The van der Waals surface area contributed by atoms with Crippen molar-refractivity contribution >= 4 is 28.6 Å². The minimum Gasteiger partial charge on any atom is -0.323 e. The van der Waals surface area contributed by atoms with Gasteiger partial charge in [0.1, 0.15) is 0 Å². The number of allylic oxidation sites excluding steroid dienone is 1. The van der Waals surface area contributed by atoms with Crippen LogP contribution in [0.4, 0.5) is 0 Å². The van der Waals surface area contributed by atoms with E-state index in [9.17, 15) is 4.79 Å². The van der Waals surface area contributed by atoms with Crippen molar-refractivity contribution in [2.45, 2.75) is 30.4 Å². The number of ketones is 1. The molecule has 0 aliphatic heterocycles. The molecule has 0 N–H and O–H groups in total. The van der Waals surface area contributed by atoms with Gasteiger partial charge in [0, 0.05) is 12.1 Å². The molecule has 7 heteroatoms. The highest BCUT2D eigenvalue weighted by atomic mass is 32.2. The summed E-state index contributed by atoms with van der Waals surface area (Å²) < 4.78 is 4.05. The van der Waals surface area contributed by atoms with E-state index in [-0.39, 0.29) is 11.0 Å². The van der Waals surface area contributed by atoms with Crippen LogP contribution in [0.1, 0.15) is 23.1 Å². The summed E-state index contributed by atoms with van der Waals surface area (Å²) in [6, 6.07) is 17.3. The van der Waals surface area contributed by atoms with Gasteiger partial charge in [-0.2, -0.15) is 0 Å². The Morgan fingerprint density at radius 1 is 1.14 bits per heavy atom. The minimum atomic E-state index is -0.271. The number of hydrogen-bond donors (Lipinski definition) is 0. The number of hydrogen-bond acceptors (Lipinski definition) is 5. The monoisotopic (exact) mass is 403 g/mol. The van der Waals surface area contributed by atoms with Crippen LogP contribution >= 0.6 is 11.8 Å². The maximum atomic E-state index is 12.7. The average molecular weight is 404 g/mol. The SMILES string of the molecule is C=CCn1c(Cn2cnc3ccccc32)nnc1SC(C)C(=O)c1ccccc1. The zero-order valence-electron chi connectivity index (χ0n) is 16.1. The van der Waals surface area contributed by atoms with Gasteiger partial charge in [-0.05, 0) is 19.1 Å². The molecule has 1 unspecified atom stereocenters. The lowest BCUT2D eigenvalue weighted by Crippen LogP contribution is -2.15. The number of carbonyl (C=O) groups is 1. The fourth-order valence-electron chi connectivity index (χ4n) is 3.17. The average Bonchev–Trinajstić information content (AvgIpc) is 3.33. The lowest BCUT2D eigenvalue weighted by molar-refractivity contribution is 0.0994. The van der Waals surface area contributed by atoms with Gasteiger partial charge in [0.15, 0.2) is 16.8 Å². The molecule has 29 heavy (non-hydrogen) atoms. The number of carbonyl (C=O) groups excluding carboxylic acids is 1. The van der Waals surface area contributed by atoms with E-state index in [1.165, 1.54) is 11.8 Å². The maximum Gasteiger partial charge on any atom is 0.192 e. The smallest absolute Gasteiger partial charge is 0.192 e. The van der Waals surface area contributed by atoms with Crippen molar-refractivity contribution in [3.05, 3.63) is 85.0 Å². The van der Waals surface area contributed by atoms with Gasteiger partial charge in [0.2, 0.25) is 0 Å². The highest BCUT2D eigenvalue weighted by Crippen LogP contribution is 2.25. The molecule has 0 saturated carbocycles. The lowest BCUT2D eigenvalue weighted by atomic mass is 10.1. The summed E-state index contributed by atoms with van der Waals surface area (Å²) in [5, 5.41) is 9.18. The molecule has 0 saturated heterocycles. The number of nitrogens with zero attached hydrogens (tertiary/aromatic N) is 5. The molecule has 0 fully saturated rings. The molecule has 1 atom stereocenters. The fraction of sp³-hybridized carbons (Fsp3) is 0.182. The Balaban J connectivity index is 1.58. The molecule has 4 aromatic rings. The molecule has 0 aliphatic rings. The summed E-state index contributed by atoms with van der Waals surface area (Å²) >= 11 is 1.42. The van der Waals surface area contributed by atoms with Gasteiger partial charge in [0.25, 0.3) is 0 Å². The number of para-hydroxylation sites is 2. The van der Waals surface area contributed by atoms with Crippen LogP contribution in [-0.4, -0.2) is 35.3 Å². The number of imidazole rings is 1. The number of aromatic nitrogens is 5. The number of thioether (sulfide) groups is 1. The maximum absolute atomic E-state index is 12.7. The second-order valence-electron chi connectivity index (χ2n) is 6.65. The van der Waals surface area contributed by atoms with Crippen LogP contribution in [0, 0.1) is 0 Å². The Labute approximate surface area is 173 Å². The van der Waals surface area contributed by atoms with Crippen LogP contribution in [0.25, 0.3) is 11.0 Å². The molecule has 2 heterocycles. The molecule has 146 valence electrons. The van der Waals surface area contributed by atoms with E-state index >= 15 is 0 Å². The van der Waals surface area contributed by atoms with Crippen LogP contribution in [0.2, 0.25) is 0 Å². The largest absolute Gasteiger partial charge is 0.323 e. The van der Waals surface area contributed by atoms with Gasteiger partial charge in [0.05, 0.1) is 29.2 Å². The van der Waals surface area contributed by atoms with E-state index in [0.717, 1.165) is 16.9 Å². The zero-order chi connectivity index (χ0) is 20.2. The van der Waals surface area contributed by atoms with Gasteiger partial charge in [-0.1, -0.05) is 60.3 Å². The quantitative estimate of drug-likeness (QED) is 0.250. The predicted octanol–water partition coefficient (Wildman–Crippen LogP) is 4.23. The van der Waals surface area contributed by atoms with Gasteiger partial charge in [-0.25, -0.2) is 4.98 Å². The van der Waals surface area contributed by atoms with Crippen molar-refractivity contribution in [2.24, 2.45) is 0 Å². The summed E-state index contributed by atoms with van der Waals surface area (Å²) in [5.74, 6) is 0.876. The first-order chi connectivity index (χ1) is 14.2. The van der Waals surface area contributed by atoms with E-state index < -0.39 is 0 Å². The van der Waals surface area contributed by atoms with Gasteiger partial charge < -0.3 is 9.13 Å². The van der Waals surface area contributed by atoms with Crippen molar-refractivity contribution in [2.75, 3.05) is 0 Å².